The summed E-state index contributed by atoms with van der Waals surface area (Å²) in [7, 11) is 0. The number of aromatic nitrogens is 3. The minimum Gasteiger partial charge on any atom is -0.376 e. The van der Waals surface area contributed by atoms with E-state index in [2.05, 4.69) is 15.0 Å². The summed E-state index contributed by atoms with van der Waals surface area (Å²) < 4.78 is 5.75. The predicted molar refractivity (Wildman–Crippen MR) is 94.0 cm³/mol. The Kier molecular flexibility index (Phi) is 4.43. The lowest BCUT2D eigenvalue weighted by Crippen LogP contribution is -2.36. The van der Waals surface area contributed by atoms with Crippen molar-refractivity contribution in [2.24, 2.45) is 0 Å². The zero-order chi connectivity index (χ0) is 17.1. The van der Waals surface area contributed by atoms with Gasteiger partial charge in [-0.25, -0.2) is 4.98 Å². The predicted octanol–water partition coefficient (Wildman–Crippen LogP) is 2.78. The van der Waals surface area contributed by atoms with Gasteiger partial charge in [-0.2, -0.15) is 0 Å². The molecule has 1 aliphatic rings. The van der Waals surface area contributed by atoms with Crippen molar-refractivity contribution < 1.29 is 9.53 Å². The standard InChI is InChI=1S/C19H20N4O2/c24-19(17-11-22-18-16(17)6-2-8-21-18)23(13-15-5-3-9-25-15)12-14-4-1-7-20-10-14/h1-2,4,6-8,10-11,15H,3,5,9,12-13H2,(H,21,22). The molecule has 0 saturated carbocycles. The summed E-state index contributed by atoms with van der Waals surface area (Å²) in [5.41, 5.74) is 2.38. The number of aromatic amines is 1. The van der Waals surface area contributed by atoms with Crippen LogP contribution in [-0.2, 0) is 11.3 Å². The van der Waals surface area contributed by atoms with Gasteiger partial charge < -0.3 is 14.6 Å². The molecule has 4 heterocycles. The number of nitrogens with one attached hydrogen (secondary N) is 1. The number of ether oxygens (including phenoxy) is 1. The fourth-order valence-corrected chi connectivity index (χ4v) is 3.27. The van der Waals surface area contributed by atoms with Crippen molar-refractivity contribution in [3.8, 4) is 0 Å². The molecule has 0 aliphatic carbocycles. The molecule has 0 radical (unpaired) electrons. The summed E-state index contributed by atoms with van der Waals surface area (Å²) in [5.74, 6) is -0.0152. The third-order valence-corrected chi connectivity index (χ3v) is 4.51. The van der Waals surface area contributed by atoms with Gasteiger partial charge in [0.05, 0.1) is 11.7 Å². The Morgan fingerprint density at radius 2 is 2.24 bits per heavy atom. The molecule has 25 heavy (non-hydrogen) atoms. The van der Waals surface area contributed by atoms with Gasteiger partial charge in [-0.3, -0.25) is 9.78 Å². The molecule has 0 bridgehead atoms. The van der Waals surface area contributed by atoms with Crippen LogP contribution in [0.5, 0.6) is 0 Å². The van der Waals surface area contributed by atoms with Crippen LogP contribution in [0.2, 0.25) is 0 Å². The number of H-pyrrole nitrogens is 1. The first-order chi connectivity index (χ1) is 12.3. The van der Waals surface area contributed by atoms with Crippen LogP contribution in [0.15, 0.2) is 49.1 Å². The van der Waals surface area contributed by atoms with E-state index in [9.17, 15) is 4.79 Å². The number of hydrogen-bond acceptors (Lipinski definition) is 4. The number of carbonyl (C=O) groups excluding carboxylic acids is 1. The Balaban J connectivity index is 1.62. The fourth-order valence-electron chi connectivity index (χ4n) is 3.27. The molecule has 1 atom stereocenters. The summed E-state index contributed by atoms with van der Waals surface area (Å²) >= 11 is 0. The molecular formula is C19H20N4O2. The summed E-state index contributed by atoms with van der Waals surface area (Å²) in [6.45, 7) is 1.87. The molecule has 128 valence electrons. The van der Waals surface area contributed by atoms with E-state index in [4.69, 9.17) is 4.74 Å². The van der Waals surface area contributed by atoms with Crippen LogP contribution in [0, 0.1) is 0 Å². The Morgan fingerprint density at radius 3 is 3.04 bits per heavy atom. The van der Waals surface area contributed by atoms with Gasteiger partial charge in [-0.1, -0.05) is 6.07 Å². The smallest absolute Gasteiger partial charge is 0.256 e. The summed E-state index contributed by atoms with van der Waals surface area (Å²) in [6, 6.07) is 7.64. The van der Waals surface area contributed by atoms with Gasteiger partial charge in [0.2, 0.25) is 0 Å². The lowest BCUT2D eigenvalue weighted by molar-refractivity contribution is 0.0508. The van der Waals surface area contributed by atoms with Crippen LogP contribution in [0.25, 0.3) is 11.0 Å². The second kappa shape index (κ2) is 7.03. The zero-order valence-corrected chi connectivity index (χ0v) is 13.9. The average Bonchev–Trinajstić information content (AvgIpc) is 3.31. The van der Waals surface area contributed by atoms with E-state index in [1.165, 1.54) is 0 Å². The highest BCUT2D eigenvalue weighted by Gasteiger charge is 2.25. The Labute approximate surface area is 145 Å². The van der Waals surface area contributed by atoms with Crippen LogP contribution in [0.4, 0.5) is 0 Å². The normalized spacial score (nSPS) is 17.0. The van der Waals surface area contributed by atoms with Crippen LogP contribution in [-0.4, -0.2) is 45.0 Å². The van der Waals surface area contributed by atoms with Crippen LogP contribution in [0.1, 0.15) is 28.8 Å². The van der Waals surface area contributed by atoms with Crippen molar-refractivity contribution in [1.82, 2.24) is 19.9 Å². The Morgan fingerprint density at radius 1 is 1.32 bits per heavy atom. The van der Waals surface area contributed by atoms with Gasteiger partial charge in [0.25, 0.3) is 5.91 Å². The molecular weight excluding hydrogens is 316 g/mol. The number of nitrogens with zero attached hydrogens (tertiary/aromatic N) is 3. The molecule has 1 fully saturated rings. The zero-order valence-electron chi connectivity index (χ0n) is 13.9. The highest BCUT2D eigenvalue weighted by atomic mass is 16.5. The number of hydrogen-bond donors (Lipinski definition) is 1. The average molecular weight is 336 g/mol. The van der Waals surface area contributed by atoms with Crippen molar-refractivity contribution in [3.63, 3.8) is 0 Å². The third-order valence-electron chi connectivity index (χ3n) is 4.51. The van der Waals surface area contributed by atoms with Gasteiger partial charge >= 0.3 is 0 Å². The molecule has 1 amide bonds. The first-order valence-corrected chi connectivity index (χ1v) is 8.53. The molecule has 3 aromatic heterocycles. The number of rotatable bonds is 5. The van der Waals surface area contributed by atoms with Crippen LogP contribution >= 0.6 is 0 Å². The lowest BCUT2D eigenvalue weighted by atomic mass is 10.1. The minimum absolute atomic E-state index is 0.0152. The fraction of sp³-hybridized carbons (Fsp3) is 0.316. The van der Waals surface area contributed by atoms with Crippen molar-refractivity contribution in [3.05, 3.63) is 60.2 Å². The second-order valence-corrected chi connectivity index (χ2v) is 6.28. The molecule has 6 nitrogen and oxygen atoms in total. The van der Waals surface area contributed by atoms with E-state index in [1.54, 1.807) is 24.8 Å². The molecule has 1 N–H and O–H groups in total. The Hall–Kier alpha value is -2.73. The molecule has 1 aliphatic heterocycles. The highest BCUT2D eigenvalue weighted by molar-refractivity contribution is 6.05. The maximum Gasteiger partial charge on any atom is 0.256 e. The second-order valence-electron chi connectivity index (χ2n) is 6.28. The van der Waals surface area contributed by atoms with Crippen molar-refractivity contribution in [1.29, 1.82) is 0 Å². The molecule has 1 unspecified atom stereocenters. The molecule has 6 heteroatoms. The summed E-state index contributed by atoms with van der Waals surface area (Å²) in [6.07, 6.45) is 9.14. The summed E-state index contributed by atoms with van der Waals surface area (Å²) in [4.78, 5) is 26.6. The topological polar surface area (TPSA) is 71.1 Å². The number of pyridine rings is 2. The van der Waals surface area contributed by atoms with Gasteiger partial charge in [-0.15, -0.1) is 0 Å². The molecule has 0 spiro atoms. The molecule has 4 rings (SSSR count). The van der Waals surface area contributed by atoms with E-state index < -0.39 is 0 Å². The van der Waals surface area contributed by atoms with Crippen LogP contribution < -0.4 is 0 Å². The van der Waals surface area contributed by atoms with Gasteiger partial charge in [-0.05, 0) is 36.6 Å². The van der Waals surface area contributed by atoms with Gasteiger partial charge in [0.15, 0.2) is 0 Å². The number of fused-ring (bicyclic) bond motifs is 1. The Bertz CT molecular complexity index is 856. The number of carbonyl (C=O) groups is 1. The van der Waals surface area contributed by atoms with E-state index in [-0.39, 0.29) is 12.0 Å². The lowest BCUT2D eigenvalue weighted by Gasteiger charge is -2.25. The quantitative estimate of drug-likeness (QED) is 0.778. The van der Waals surface area contributed by atoms with Crippen molar-refractivity contribution >= 4 is 16.9 Å². The van der Waals surface area contributed by atoms with Crippen molar-refractivity contribution in [2.75, 3.05) is 13.2 Å². The van der Waals surface area contributed by atoms with E-state index in [0.717, 1.165) is 36.0 Å². The highest BCUT2D eigenvalue weighted by Crippen LogP contribution is 2.21. The third kappa shape index (κ3) is 3.39. The monoisotopic (exact) mass is 336 g/mol. The van der Waals surface area contributed by atoms with Crippen LogP contribution in [0.3, 0.4) is 0 Å². The SMILES string of the molecule is O=C(c1c[nH]c2ncccc12)N(Cc1cccnc1)CC1CCCO1. The minimum atomic E-state index is -0.0152. The number of amides is 1. The van der Waals surface area contributed by atoms with E-state index in [0.29, 0.717) is 18.7 Å². The van der Waals surface area contributed by atoms with E-state index >= 15 is 0 Å². The van der Waals surface area contributed by atoms with Gasteiger partial charge in [0.1, 0.15) is 5.65 Å². The molecule has 3 aromatic rings. The van der Waals surface area contributed by atoms with Crippen molar-refractivity contribution in [2.45, 2.75) is 25.5 Å². The van der Waals surface area contributed by atoms with Gasteiger partial charge in [0, 0.05) is 49.9 Å². The van der Waals surface area contributed by atoms with E-state index in [1.807, 2.05) is 29.2 Å². The first kappa shape index (κ1) is 15.8. The summed E-state index contributed by atoms with van der Waals surface area (Å²) in [5, 5.41) is 0.844. The molecule has 1 saturated heterocycles. The first-order valence-electron chi connectivity index (χ1n) is 8.53. The largest absolute Gasteiger partial charge is 0.376 e. The maximum atomic E-state index is 13.2. The molecule has 0 aromatic carbocycles. The maximum absolute atomic E-state index is 13.2.